The van der Waals surface area contributed by atoms with Crippen LogP contribution in [0.5, 0.6) is 0 Å². The first-order valence-electron chi connectivity index (χ1n) is 7.27. The first-order valence-corrected chi connectivity index (χ1v) is 8.26. The van der Waals surface area contributed by atoms with Crippen molar-refractivity contribution in [1.29, 1.82) is 0 Å². The average Bonchev–Trinajstić information content (AvgIpc) is 2.60. The Morgan fingerprint density at radius 3 is 2.39 bits per heavy atom. The molecule has 0 saturated heterocycles. The molecule has 122 valence electrons. The van der Waals surface area contributed by atoms with Gasteiger partial charge in [-0.05, 0) is 31.2 Å². The minimum Gasteiger partial charge on any atom is -0.459 e. The predicted molar refractivity (Wildman–Crippen MR) is 90.7 cm³/mol. The van der Waals surface area contributed by atoms with Gasteiger partial charge in [-0.25, -0.2) is 4.79 Å². The Kier molecular flexibility index (Phi) is 6.21. The molecule has 0 aromatic heterocycles. The van der Waals surface area contributed by atoms with Gasteiger partial charge in [0.1, 0.15) is 12.2 Å². The van der Waals surface area contributed by atoms with E-state index in [1.165, 1.54) is 11.8 Å². The Balaban J connectivity index is 1.89. The maximum absolute atomic E-state index is 11.9. The van der Waals surface area contributed by atoms with Crippen LogP contribution in [-0.4, -0.2) is 40.8 Å². The van der Waals surface area contributed by atoms with E-state index < -0.39 is 18.2 Å². The fourth-order valence-corrected chi connectivity index (χ4v) is 2.78. The Morgan fingerprint density at radius 2 is 1.78 bits per heavy atom. The third kappa shape index (κ3) is 5.39. The van der Waals surface area contributed by atoms with Crippen molar-refractivity contribution in [2.75, 3.05) is 19.0 Å². The smallest absolute Gasteiger partial charge is 0.338 e. The number of aryl methyl sites for hydroxylation is 1. The fourth-order valence-electron chi connectivity index (χ4n) is 1.84. The molecule has 0 spiro atoms. The molecule has 5 heteroatoms. The van der Waals surface area contributed by atoms with Crippen molar-refractivity contribution in [2.45, 2.75) is 17.4 Å². The molecule has 2 rings (SSSR count). The largest absolute Gasteiger partial charge is 0.459 e. The quantitative estimate of drug-likeness (QED) is 0.603. The van der Waals surface area contributed by atoms with Crippen molar-refractivity contribution in [3.8, 4) is 0 Å². The number of aliphatic hydroxyl groups is 2. The summed E-state index contributed by atoms with van der Waals surface area (Å²) in [4.78, 5) is 12.9. The molecular formula is C18H20O4S. The Bertz CT molecular complexity index is 627. The number of aliphatic hydroxyl groups excluding tert-OH is 1. The van der Waals surface area contributed by atoms with Crippen molar-refractivity contribution in [2.24, 2.45) is 0 Å². The second-order valence-corrected chi connectivity index (χ2v) is 6.48. The van der Waals surface area contributed by atoms with Gasteiger partial charge in [-0.3, -0.25) is 0 Å². The summed E-state index contributed by atoms with van der Waals surface area (Å²) in [5.74, 6) is -0.285. The summed E-state index contributed by atoms with van der Waals surface area (Å²) in [5, 5.41) is 19.8. The molecule has 1 atom stereocenters. The summed E-state index contributed by atoms with van der Waals surface area (Å²) in [7, 11) is 0. The predicted octanol–water partition coefficient (Wildman–Crippen LogP) is 2.67. The highest BCUT2D eigenvalue weighted by molar-refractivity contribution is 7.99. The summed E-state index contributed by atoms with van der Waals surface area (Å²) >= 11 is 1.41. The van der Waals surface area contributed by atoms with E-state index in [0.717, 1.165) is 10.5 Å². The monoisotopic (exact) mass is 332 g/mol. The zero-order valence-corrected chi connectivity index (χ0v) is 13.8. The number of ether oxygens (including phenoxy) is 1. The van der Waals surface area contributed by atoms with E-state index in [1.54, 1.807) is 30.3 Å². The highest BCUT2D eigenvalue weighted by atomic mass is 32.2. The Morgan fingerprint density at radius 1 is 1.13 bits per heavy atom. The molecule has 0 aliphatic heterocycles. The van der Waals surface area contributed by atoms with Gasteiger partial charge in [0, 0.05) is 10.6 Å². The number of rotatable bonds is 7. The lowest BCUT2D eigenvalue weighted by atomic mass is 10.1. The maximum Gasteiger partial charge on any atom is 0.338 e. The lowest BCUT2D eigenvalue weighted by Crippen LogP contribution is -2.42. The second kappa shape index (κ2) is 8.15. The van der Waals surface area contributed by atoms with E-state index >= 15 is 0 Å². The van der Waals surface area contributed by atoms with Gasteiger partial charge in [-0.1, -0.05) is 35.9 Å². The maximum atomic E-state index is 11.9. The molecule has 2 aromatic carbocycles. The molecule has 23 heavy (non-hydrogen) atoms. The van der Waals surface area contributed by atoms with Gasteiger partial charge in [-0.2, -0.15) is 0 Å². The summed E-state index contributed by atoms with van der Waals surface area (Å²) in [6.45, 7) is 1.27. The van der Waals surface area contributed by atoms with Crippen LogP contribution in [0.15, 0.2) is 59.5 Å². The first kappa shape index (κ1) is 17.5. The average molecular weight is 332 g/mol. The number of carbonyl (C=O) groups is 1. The lowest BCUT2D eigenvalue weighted by Gasteiger charge is -2.25. The summed E-state index contributed by atoms with van der Waals surface area (Å²) < 4.78 is 5.13. The topological polar surface area (TPSA) is 66.8 Å². The molecule has 2 aromatic rings. The van der Waals surface area contributed by atoms with Crippen molar-refractivity contribution < 1.29 is 19.7 Å². The zero-order chi connectivity index (χ0) is 16.7. The standard InChI is InChI=1S/C18H20O4S/c1-14-7-9-16(10-8-14)23-13-18(21,11-19)12-22-17(20)15-5-3-2-4-6-15/h2-10,19,21H,11-13H2,1H3. The number of hydrogen-bond donors (Lipinski definition) is 2. The molecule has 0 heterocycles. The van der Waals surface area contributed by atoms with Gasteiger partial charge in [0.15, 0.2) is 0 Å². The van der Waals surface area contributed by atoms with E-state index in [2.05, 4.69) is 0 Å². The van der Waals surface area contributed by atoms with Gasteiger partial charge < -0.3 is 14.9 Å². The molecule has 0 saturated carbocycles. The van der Waals surface area contributed by atoms with E-state index in [4.69, 9.17) is 4.74 Å². The summed E-state index contributed by atoms with van der Waals surface area (Å²) in [5.41, 5.74) is 0.0996. The van der Waals surface area contributed by atoms with Crippen molar-refractivity contribution >= 4 is 17.7 Å². The van der Waals surface area contributed by atoms with E-state index in [1.807, 2.05) is 31.2 Å². The SMILES string of the molecule is Cc1ccc(SCC(O)(CO)COC(=O)c2ccccc2)cc1. The molecule has 0 aliphatic carbocycles. The second-order valence-electron chi connectivity index (χ2n) is 5.43. The lowest BCUT2D eigenvalue weighted by molar-refractivity contribution is -0.0478. The van der Waals surface area contributed by atoms with Crippen molar-refractivity contribution in [3.05, 3.63) is 65.7 Å². The van der Waals surface area contributed by atoms with Crippen LogP contribution >= 0.6 is 11.8 Å². The van der Waals surface area contributed by atoms with E-state index in [0.29, 0.717) is 5.56 Å². The molecule has 0 amide bonds. The Hall–Kier alpha value is -1.82. The molecule has 2 N–H and O–H groups in total. The van der Waals surface area contributed by atoms with Crippen LogP contribution in [-0.2, 0) is 4.74 Å². The molecule has 1 unspecified atom stereocenters. The number of benzene rings is 2. The van der Waals surface area contributed by atoms with E-state index in [9.17, 15) is 15.0 Å². The minimum atomic E-state index is -1.47. The highest BCUT2D eigenvalue weighted by Gasteiger charge is 2.28. The molecule has 0 radical (unpaired) electrons. The van der Waals surface area contributed by atoms with Crippen LogP contribution in [0.4, 0.5) is 0 Å². The number of esters is 1. The van der Waals surface area contributed by atoms with Crippen LogP contribution in [0.25, 0.3) is 0 Å². The first-order chi connectivity index (χ1) is 11.0. The fraction of sp³-hybridized carbons (Fsp3) is 0.278. The summed E-state index contributed by atoms with van der Waals surface area (Å²) in [6, 6.07) is 16.4. The Labute approximate surface area is 140 Å². The normalized spacial score (nSPS) is 13.3. The third-order valence-corrected chi connectivity index (χ3v) is 4.59. The molecular weight excluding hydrogens is 312 g/mol. The van der Waals surface area contributed by atoms with Gasteiger partial charge in [0.25, 0.3) is 0 Å². The summed E-state index contributed by atoms with van der Waals surface area (Å²) in [6.07, 6.45) is 0. The molecule has 4 nitrogen and oxygen atoms in total. The van der Waals surface area contributed by atoms with Gasteiger partial charge in [-0.15, -0.1) is 11.8 Å². The molecule has 0 aliphatic rings. The van der Waals surface area contributed by atoms with Gasteiger partial charge in [0.2, 0.25) is 0 Å². The van der Waals surface area contributed by atoms with Crippen LogP contribution in [0.2, 0.25) is 0 Å². The zero-order valence-electron chi connectivity index (χ0n) is 12.9. The number of thioether (sulfide) groups is 1. The number of carbonyl (C=O) groups excluding carboxylic acids is 1. The van der Waals surface area contributed by atoms with Gasteiger partial charge >= 0.3 is 5.97 Å². The van der Waals surface area contributed by atoms with Gasteiger partial charge in [0.05, 0.1) is 12.2 Å². The van der Waals surface area contributed by atoms with Crippen molar-refractivity contribution in [1.82, 2.24) is 0 Å². The highest BCUT2D eigenvalue weighted by Crippen LogP contribution is 2.23. The van der Waals surface area contributed by atoms with E-state index in [-0.39, 0.29) is 12.4 Å². The minimum absolute atomic E-state index is 0.231. The van der Waals surface area contributed by atoms with Crippen LogP contribution in [0, 0.1) is 6.92 Å². The third-order valence-electron chi connectivity index (χ3n) is 3.30. The number of hydrogen-bond acceptors (Lipinski definition) is 5. The molecule has 0 bridgehead atoms. The molecule has 0 fully saturated rings. The van der Waals surface area contributed by atoms with Crippen LogP contribution in [0.1, 0.15) is 15.9 Å². The van der Waals surface area contributed by atoms with Crippen LogP contribution < -0.4 is 0 Å². The van der Waals surface area contributed by atoms with Crippen molar-refractivity contribution in [3.63, 3.8) is 0 Å². The van der Waals surface area contributed by atoms with Crippen LogP contribution in [0.3, 0.4) is 0 Å².